The van der Waals surface area contributed by atoms with Crippen molar-refractivity contribution in [2.75, 3.05) is 6.54 Å². The molecule has 0 spiro atoms. The average molecular weight is 169 g/mol. The Hall–Kier alpha value is -0.830. The van der Waals surface area contributed by atoms with Crippen LogP contribution in [0.3, 0.4) is 0 Å². The zero-order chi connectivity index (χ0) is 8.97. The smallest absolute Gasteiger partial charge is 0.311 e. The molecule has 0 saturated heterocycles. The van der Waals surface area contributed by atoms with Crippen LogP contribution in [0.5, 0.6) is 0 Å². The Morgan fingerprint density at radius 1 is 1.67 bits per heavy atom. The molecule has 3 N–H and O–H groups in total. The van der Waals surface area contributed by atoms with E-state index in [9.17, 15) is 4.79 Å². The lowest BCUT2D eigenvalue weighted by atomic mass is 9.89. The summed E-state index contributed by atoms with van der Waals surface area (Å²) in [5, 5.41) is 8.80. The molecule has 1 aliphatic carbocycles. The topological polar surface area (TPSA) is 63.3 Å². The molecule has 0 amide bonds. The van der Waals surface area contributed by atoms with Crippen LogP contribution in [0.25, 0.3) is 0 Å². The summed E-state index contributed by atoms with van der Waals surface area (Å²) in [4.78, 5) is 10.7. The molecule has 0 aliphatic heterocycles. The van der Waals surface area contributed by atoms with E-state index in [1.54, 1.807) is 0 Å². The Kier molecular flexibility index (Phi) is 3.29. The fourth-order valence-corrected chi connectivity index (χ4v) is 1.59. The second-order valence-electron chi connectivity index (χ2n) is 3.15. The number of rotatable bonds is 3. The van der Waals surface area contributed by atoms with Gasteiger partial charge in [0.05, 0.1) is 5.92 Å². The summed E-state index contributed by atoms with van der Waals surface area (Å²) in [6, 6.07) is 0. The van der Waals surface area contributed by atoms with Crippen LogP contribution in [0.2, 0.25) is 0 Å². The summed E-state index contributed by atoms with van der Waals surface area (Å²) in [5.74, 6) is -1.23. The van der Waals surface area contributed by atoms with Crippen molar-refractivity contribution < 1.29 is 9.90 Å². The highest BCUT2D eigenvalue weighted by atomic mass is 16.4. The van der Waals surface area contributed by atoms with Gasteiger partial charge in [-0.1, -0.05) is 11.6 Å². The molecule has 1 rings (SSSR count). The van der Waals surface area contributed by atoms with Crippen LogP contribution in [0.4, 0.5) is 0 Å². The van der Waals surface area contributed by atoms with Gasteiger partial charge in [0.15, 0.2) is 0 Å². The van der Waals surface area contributed by atoms with E-state index in [0.29, 0.717) is 0 Å². The third-order valence-corrected chi connectivity index (χ3v) is 2.31. The van der Waals surface area contributed by atoms with Crippen LogP contribution >= 0.6 is 0 Å². The molecule has 1 unspecified atom stereocenters. The minimum absolute atomic E-state index is 0.223. The molecule has 0 radical (unpaired) electrons. The van der Waals surface area contributed by atoms with Gasteiger partial charge >= 0.3 is 5.97 Å². The van der Waals surface area contributed by atoms with Crippen molar-refractivity contribution in [3.63, 3.8) is 0 Å². The summed E-state index contributed by atoms with van der Waals surface area (Å²) >= 11 is 0. The minimum atomic E-state index is -0.786. The monoisotopic (exact) mass is 169 g/mol. The first-order chi connectivity index (χ1) is 5.75. The van der Waals surface area contributed by atoms with Gasteiger partial charge in [-0.2, -0.15) is 0 Å². The van der Waals surface area contributed by atoms with E-state index in [-0.39, 0.29) is 6.54 Å². The molecule has 0 bridgehead atoms. The third-order valence-electron chi connectivity index (χ3n) is 2.31. The maximum atomic E-state index is 10.7. The van der Waals surface area contributed by atoms with E-state index in [1.807, 2.05) is 6.08 Å². The second-order valence-corrected chi connectivity index (χ2v) is 3.15. The summed E-state index contributed by atoms with van der Waals surface area (Å²) in [7, 11) is 0. The number of hydrogen-bond acceptors (Lipinski definition) is 2. The number of carboxylic acid groups (broad SMARTS) is 1. The third kappa shape index (κ3) is 2.08. The SMILES string of the molecule is NCC(C(=O)O)C1=CCCCC1. The molecule has 0 aromatic heterocycles. The van der Waals surface area contributed by atoms with Gasteiger partial charge in [0.2, 0.25) is 0 Å². The zero-order valence-corrected chi connectivity index (χ0v) is 7.12. The first kappa shape index (κ1) is 9.26. The summed E-state index contributed by atoms with van der Waals surface area (Å²) in [6.45, 7) is 0.223. The molecule has 0 fully saturated rings. The maximum absolute atomic E-state index is 10.7. The van der Waals surface area contributed by atoms with Gasteiger partial charge in [0.1, 0.15) is 0 Å². The zero-order valence-electron chi connectivity index (χ0n) is 7.12. The van der Waals surface area contributed by atoms with E-state index < -0.39 is 11.9 Å². The van der Waals surface area contributed by atoms with Crippen molar-refractivity contribution in [3.8, 4) is 0 Å². The molecule has 0 heterocycles. The van der Waals surface area contributed by atoms with Gasteiger partial charge < -0.3 is 10.8 Å². The number of nitrogens with two attached hydrogens (primary N) is 1. The van der Waals surface area contributed by atoms with E-state index in [2.05, 4.69) is 0 Å². The predicted octanol–water partition coefficient (Wildman–Crippen LogP) is 1.15. The van der Waals surface area contributed by atoms with Crippen LogP contribution in [-0.2, 0) is 4.79 Å². The number of aliphatic carboxylic acids is 1. The van der Waals surface area contributed by atoms with Crippen molar-refractivity contribution >= 4 is 5.97 Å². The number of carbonyl (C=O) groups is 1. The lowest BCUT2D eigenvalue weighted by Gasteiger charge is -2.17. The highest BCUT2D eigenvalue weighted by Crippen LogP contribution is 2.23. The Morgan fingerprint density at radius 3 is 2.83 bits per heavy atom. The Morgan fingerprint density at radius 2 is 2.42 bits per heavy atom. The average Bonchev–Trinajstić information content (AvgIpc) is 2.07. The number of allylic oxidation sites excluding steroid dienone is 1. The molecule has 68 valence electrons. The predicted molar refractivity (Wildman–Crippen MR) is 46.7 cm³/mol. The maximum Gasteiger partial charge on any atom is 0.311 e. The first-order valence-corrected chi connectivity index (χ1v) is 4.37. The van der Waals surface area contributed by atoms with Gasteiger partial charge in [-0.3, -0.25) is 4.79 Å². The highest BCUT2D eigenvalue weighted by molar-refractivity contribution is 5.73. The fourth-order valence-electron chi connectivity index (χ4n) is 1.59. The highest BCUT2D eigenvalue weighted by Gasteiger charge is 2.21. The van der Waals surface area contributed by atoms with Crippen LogP contribution < -0.4 is 5.73 Å². The van der Waals surface area contributed by atoms with Crippen LogP contribution in [0.1, 0.15) is 25.7 Å². The Bertz CT molecular complexity index is 199. The quantitative estimate of drug-likeness (QED) is 0.623. The van der Waals surface area contributed by atoms with Gasteiger partial charge in [-0.05, 0) is 25.7 Å². The number of hydrogen-bond donors (Lipinski definition) is 2. The second kappa shape index (κ2) is 4.26. The molecule has 0 aromatic rings. The first-order valence-electron chi connectivity index (χ1n) is 4.37. The van der Waals surface area contributed by atoms with Gasteiger partial charge in [0, 0.05) is 6.54 Å². The molecule has 0 aromatic carbocycles. The van der Waals surface area contributed by atoms with Gasteiger partial charge in [-0.15, -0.1) is 0 Å². The largest absolute Gasteiger partial charge is 0.481 e. The minimum Gasteiger partial charge on any atom is -0.481 e. The Balaban J connectivity index is 2.64. The molecule has 1 aliphatic rings. The van der Waals surface area contributed by atoms with Gasteiger partial charge in [0.25, 0.3) is 0 Å². The summed E-state index contributed by atoms with van der Waals surface area (Å²) in [5.41, 5.74) is 6.41. The summed E-state index contributed by atoms with van der Waals surface area (Å²) in [6.07, 6.45) is 6.25. The van der Waals surface area contributed by atoms with Crippen molar-refractivity contribution in [2.24, 2.45) is 11.7 Å². The number of carboxylic acids is 1. The molecule has 12 heavy (non-hydrogen) atoms. The lowest BCUT2D eigenvalue weighted by Crippen LogP contribution is -2.25. The van der Waals surface area contributed by atoms with E-state index >= 15 is 0 Å². The van der Waals surface area contributed by atoms with Crippen molar-refractivity contribution in [3.05, 3.63) is 11.6 Å². The summed E-state index contributed by atoms with van der Waals surface area (Å²) < 4.78 is 0. The molecular weight excluding hydrogens is 154 g/mol. The van der Waals surface area contributed by atoms with Crippen LogP contribution in [-0.4, -0.2) is 17.6 Å². The molecular formula is C9H15NO2. The van der Waals surface area contributed by atoms with Crippen LogP contribution in [0, 0.1) is 5.92 Å². The standard InChI is InChI=1S/C9H15NO2/c10-6-8(9(11)12)7-4-2-1-3-5-7/h4,8H,1-3,5-6,10H2,(H,11,12). The normalized spacial score (nSPS) is 19.9. The van der Waals surface area contributed by atoms with E-state index in [1.165, 1.54) is 6.42 Å². The molecule has 1 atom stereocenters. The van der Waals surface area contributed by atoms with E-state index in [4.69, 9.17) is 10.8 Å². The van der Waals surface area contributed by atoms with Crippen molar-refractivity contribution in [1.29, 1.82) is 0 Å². The fraction of sp³-hybridized carbons (Fsp3) is 0.667. The lowest BCUT2D eigenvalue weighted by molar-refractivity contribution is -0.140. The van der Waals surface area contributed by atoms with Crippen molar-refractivity contribution in [2.45, 2.75) is 25.7 Å². The van der Waals surface area contributed by atoms with E-state index in [0.717, 1.165) is 24.8 Å². The van der Waals surface area contributed by atoms with Crippen molar-refractivity contribution in [1.82, 2.24) is 0 Å². The molecule has 0 saturated carbocycles. The Labute approximate surface area is 72.3 Å². The molecule has 3 heteroatoms. The molecule has 3 nitrogen and oxygen atoms in total. The van der Waals surface area contributed by atoms with Gasteiger partial charge in [-0.25, -0.2) is 0 Å². The van der Waals surface area contributed by atoms with Crippen LogP contribution in [0.15, 0.2) is 11.6 Å².